The van der Waals surface area contributed by atoms with Gasteiger partial charge in [0.2, 0.25) is 0 Å². The SMILES string of the molecule is CCN(CC1CCCO1)c1ccc(F)c(N)c1C(=O)O. The Bertz CT molecular complexity index is 501. The molecule has 1 unspecified atom stereocenters. The van der Waals surface area contributed by atoms with Gasteiger partial charge < -0.3 is 20.5 Å². The molecule has 20 heavy (non-hydrogen) atoms. The van der Waals surface area contributed by atoms with Crippen molar-refractivity contribution in [2.45, 2.75) is 25.9 Å². The monoisotopic (exact) mass is 282 g/mol. The Hall–Kier alpha value is -1.82. The number of anilines is 2. The van der Waals surface area contributed by atoms with Crippen molar-refractivity contribution in [3.05, 3.63) is 23.5 Å². The fraction of sp³-hybridized carbons (Fsp3) is 0.500. The molecule has 2 rings (SSSR count). The predicted octanol–water partition coefficient (Wildman–Crippen LogP) is 2.11. The quantitative estimate of drug-likeness (QED) is 0.809. The highest BCUT2D eigenvalue weighted by Crippen LogP contribution is 2.29. The smallest absolute Gasteiger partial charge is 0.340 e. The Kier molecular flexibility index (Phi) is 4.44. The number of rotatable bonds is 5. The lowest BCUT2D eigenvalue weighted by molar-refractivity contribution is 0.0697. The fourth-order valence-electron chi connectivity index (χ4n) is 2.50. The molecule has 0 saturated carbocycles. The number of nitrogens with two attached hydrogens (primary N) is 1. The summed E-state index contributed by atoms with van der Waals surface area (Å²) in [5.74, 6) is -1.93. The third kappa shape index (κ3) is 2.85. The Labute approximate surface area is 117 Å². The lowest BCUT2D eigenvalue weighted by Gasteiger charge is -2.27. The zero-order chi connectivity index (χ0) is 14.7. The van der Waals surface area contributed by atoms with Crippen molar-refractivity contribution in [2.24, 2.45) is 0 Å². The van der Waals surface area contributed by atoms with Crippen LogP contribution in [0.3, 0.4) is 0 Å². The molecule has 0 aliphatic carbocycles. The van der Waals surface area contributed by atoms with Gasteiger partial charge in [0.25, 0.3) is 0 Å². The third-order valence-corrected chi connectivity index (χ3v) is 3.55. The molecule has 110 valence electrons. The molecule has 1 aliphatic heterocycles. The molecule has 1 saturated heterocycles. The molecule has 1 aliphatic rings. The van der Waals surface area contributed by atoms with E-state index < -0.39 is 11.8 Å². The van der Waals surface area contributed by atoms with E-state index in [1.165, 1.54) is 12.1 Å². The molecule has 1 aromatic rings. The maximum absolute atomic E-state index is 13.5. The number of aromatic carboxylic acids is 1. The maximum Gasteiger partial charge on any atom is 0.340 e. The number of nitrogens with zero attached hydrogens (tertiary/aromatic N) is 1. The molecule has 0 radical (unpaired) electrons. The number of nitrogen functional groups attached to an aromatic ring is 1. The Balaban J connectivity index is 2.33. The van der Waals surface area contributed by atoms with E-state index in [9.17, 15) is 14.3 Å². The number of carboxylic acid groups (broad SMARTS) is 1. The molecule has 1 fully saturated rings. The van der Waals surface area contributed by atoms with Gasteiger partial charge >= 0.3 is 5.97 Å². The van der Waals surface area contributed by atoms with Gasteiger partial charge in [-0.15, -0.1) is 0 Å². The first-order chi connectivity index (χ1) is 9.54. The van der Waals surface area contributed by atoms with Gasteiger partial charge in [0.1, 0.15) is 11.4 Å². The van der Waals surface area contributed by atoms with Crippen LogP contribution in [-0.4, -0.2) is 36.9 Å². The molecule has 1 atom stereocenters. The van der Waals surface area contributed by atoms with Crippen LogP contribution in [0.15, 0.2) is 12.1 Å². The summed E-state index contributed by atoms with van der Waals surface area (Å²) < 4.78 is 19.0. The zero-order valence-electron chi connectivity index (χ0n) is 11.4. The molecule has 0 aromatic heterocycles. The molecule has 6 heteroatoms. The van der Waals surface area contributed by atoms with Crippen LogP contribution in [0.1, 0.15) is 30.1 Å². The highest BCUT2D eigenvalue weighted by atomic mass is 19.1. The topological polar surface area (TPSA) is 75.8 Å². The van der Waals surface area contributed by atoms with Gasteiger partial charge in [-0.05, 0) is 31.9 Å². The number of carbonyl (C=O) groups is 1. The summed E-state index contributed by atoms with van der Waals surface area (Å²) in [6.45, 7) is 3.84. The molecule has 1 aromatic carbocycles. The fourth-order valence-corrected chi connectivity index (χ4v) is 2.50. The molecule has 0 spiro atoms. The second-order valence-electron chi connectivity index (χ2n) is 4.83. The first kappa shape index (κ1) is 14.6. The minimum Gasteiger partial charge on any atom is -0.478 e. The summed E-state index contributed by atoms with van der Waals surface area (Å²) in [5, 5.41) is 9.27. The van der Waals surface area contributed by atoms with Crippen LogP contribution in [0.2, 0.25) is 0 Å². The molecule has 1 heterocycles. The highest BCUT2D eigenvalue weighted by molar-refractivity contribution is 6.00. The molecule has 3 N–H and O–H groups in total. The summed E-state index contributed by atoms with van der Waals surface area (Å²) in [5.41, 5.74) is 5.52. The van der Waals surface area contributed by atoms with Crippen LogP contribution in [0, 0.1) is 5.82 Å². The number of hydrogen-bond donors (Lipinski definition) is 2. The van der Waals surface area contributed by atoms with E-state index >= 15 is 0 Å². The normalized spacial score (nSPS) is 18.2. The van der Waals surface area contributed by atoms with Crippen LogP contribution >= 0.6 is 0 Å². The summed E-state index contributed by atoms with van der Waals surface area (Å²) in [4.78, 5) is 13.2. The second kappa shape index (κ2) is 6.09. The average Bonchev–Trinajstić information content (AvgIpc) is 2.91. The molecule has 5 nitrogen and oxygen atoms in total. The van der Waals surface area contributed by atoms with E-state index in [0.717, 1.165) is 19.4 Å². The van der Waals surface area contributed by atoms with Gasteiger partial charge in [0, 0.05) is 19.7 Å². The minimum atomic E-state index is -1.22. The molecule has 0 amide bonds. The summed E-state index contributed by atoms with van der Waals surface area (Å²) >= 11 is 0. The van der Waals surface area contributed by atoms with Crippen molar-refractivity contribution < 1.29 is 19.0 Å². The highest BCUT2D eigenvalue weighted by Gasteiger charge is 2.24. The van der Waals surface area contributed by atoms with E-state index in [2.05, 4.69) is 0 Å². The van der Waals surface area contributed by atoms with Gasteiger partial charge in [-0.3, -0.25) is 0 Å². The van der Waals surface area contributed by atoms with Crippen LogP contribution in [0.25, 0.3) is 0 Å². The molecular formula is C14H19FN2O3. The van der Waals surface area contributed by atoms with Gasteiger partial charge in [0.15, 0.2) is 0 Å². The van der Waals surface area contributed by atoms with Crippen molar-refractivity contribution in [2.75, 3.05) is 30.3 Å². The number of hydrogen-bond acceptors (Lipinski definition) is 4. The van der Waals surface area contributed by atoms with E-state index in [-0.39, 0.29) is 17.4 Å². The van der Waals surface area contributed by atoms with Crippen molar-refractivity contribution in [1.29, 1.82) is 0 Å². The first-order valence-corrected chi connectivity index (χ1v) is 6.72. The van der Waals surface area contributed by atoms with E-state index in [4.69, 9.17) is 10.5 Å². The van der Waals surface area contributed by atoms with Crippen molar-refractivity contribution in [3.8, 4) is 0 Å². The van der Waals surface area contributed by atoms with Crippen LogP contribution in [0.5, 0.6) is 0 Å². The Morgan fingerprint density at radius 3 is 2.90 bits per heavy atom. The van der Waals surface area contributed by atoms with Crippen LogP contribution < -0.4 is 10.6 Å². The van der Waals surface area contributed by atoms with Gasteiger partial charge in [-0.2, -0.15) is 0 Å². The van der Waals surface area contributed by atoms with Crippen LogP contribution in [-0.2, 0) is 4.74 Å². The summed E-state index contributed by atoms with van der Waals surface area (Å²) in [6, 6.07) is 2.67. The van der Waals surface area contributed by atoms with Crippen molar-refractivity contribution in [1.82, 2.24) is 0 Å². The van der Waals surface area contributed by atoms with E-state index in [1.54, 1.807) is 0 Å². The summed E-state index contributed by atoms with van der Waals surface area (Å²) in [7, 11) is 0. The second-order valence-corrected chi connectivity index (χ2v) is 4.83. The first-order valence-electron chi connectivity index (χ1n) is 6.72. The molecular weight excluding hydrogens is 263 g/mol. The number of halogens is 1. The Morgan fingerprint density at radius 2 is 2.35 bits per heavy atom. The lowest BCUT2D eigenvalue weighted by Crippen LogP contribution is -2.33. The molecule has 0 bridgehead atoms. The number of carboxylic acids is 1. The van der Waals surface area contributed by atoms with Crippen LogP contribution in [0.4, 0.5) is 15.8 Å². The largest absolute Gasteiger partial charge is 0.478 e. The third-order valence-electron chi connectivity index (χ3n) is 3.55. The van der Waals surface area contributed by atoms with Crippen molar-refractivity contribution in [3.63, 3.8) is 0 Å². The average molecular weight is 282 g/mol. The van der Waals surface area contributed by atoms with E-state index in [1.807, 2.05) is 11.8 Å². The minimum absolute atomic E-state index is 0.0860. The number of likely N-dealkylation sites (N-methyl/N-ethyl adjacent to an activating group) is 1. The van der Waals surface area contributed by atoms with Crippen molar-refractivity contribution >= 4 is 17.3 Å². The maximum atomic E-state index is 13.5. The lowest BCUT2D eigenvalue weighted by atomic mass is 10.1. The van der Waals surface area contributed by atoms with Gasteiger partial charge in [0.05, 0.1) is 17.5 Å². The zero-order valence-corrected chi connectivity index (χ0v) is 11.4. The predicted molar refractivity (Wildman–Crippen MR) is 74.6 cm³/mol. The number of ether oxygens (including phenoxy) is 1. The van der Waals surface area contributed by atoms with E-state index in [0.29, 0.717) is 18.8 Å². The Morgan fingerprint density at radius 1 is 1.60 bits per heavy atom. The standard InChI is InChI=1S/C14H19FN2O3/c1-2-17(8-9-4-3-7-20-9)11-6-5-10(15)13(16)12(11)14(18)19/h5-6,9H,2-4,7-8,16H2,1H3,(H,18,19). The van der Waals surface area contributed by atoms with Gasteiger partial charge in [-0.1, -0.05) is 0 Å². The number of benzene rings is 1. The summed E-state index contributed by atoms with van der Waals surface area (Å²) in [6.07, 6.45) is 2.05. The van der Waals surface area contributed by atoms with Gasteiger partial charge in [-0.25, -0.2) is 9.18 Å².